The molecule has 0 spiro atoms. The van der Waals surface area contributed by atoms with Gasteiger partial charge < -0.3 is 20.5 Å². The highest BCUT2D eigenvalue weighted by Crippen LogP contribution is 2.07. The second-order valence-electron chi connectivity index (χ2n) is 6.02. The van der Waals surface area contributed by atoms with Gasteiger partial charge in [0.2, 0.25) is 5.91 Å². The minimum atomic E-state index is -1.21. The molecule has 0 aliphatic carbocycles. The van der Waals surface area contributed by atoms with Crippen molar-refractivity contribution >= 4 is 20.1 Å². The smallest absolute Gasteiger partial charge is 0.407 e. The van der Waals surface area contributed by atoms with Crippen LogP contribution in [0.4, 0.5) is 4.79 Å². The van der Waals surface area contributed by atoms with Crippen molar-refractivity contribution in [1.29, 1.82) is 0 Å². The van der Waals surface area contributed by atoms with Crippen molar-refractivity contribution in [2.24, 2.45) is 0 Å². The molecular formula is C13H28N2O4Si. The van der Waals surface area contributed by atoms with Crippen molar-refractivity contribution in [3.8, 4) is 0 Å². The maximum absolute atomic E-state index is 11.4. The summed E-state index contributed by atoms with van der Waals surface area (Å²) in [5, 5.41) is 14.3. The molecule has 20 heavy (non-hydrogen) atoms. The maximum atomic E-state index is 11.4. The lowest BCUT2D eigenvalue weighted by Crippen LogP contribution is -2.46. The van der Waals surface area contributed by atoms with Gasteiger partial charge in [0.1, 0.15) is 0 Å². The van der Waals surface area contributed by atoms with Gasteiger partial charge >= 0.3 is 6.09 Å². The van der Waals surface area contributed by atoms with Crippen LogP contribution in [-0.2, 0) is 9.53 Å². The zero-order valence-corrected chi connectivity index (χ0v) is 14.0. The molecule has 0 saturated heterocycles. The van der Waals surface area contributed by atoms with E-state index in [1.807, 2.05) is 6.92 Å². The summed E-state index contributed by atoms with van der Waals surface area (Å²) in [6.45, 7) is 8.88. The molecule has 2 amide bonds. The summed E-state index contributed by atoms with van der Waals surface area (Å²) in [5.41, 5.74) is 0. The predicted octanol–water partition coefficient (Wildman–Crippen LogP) is 1.33. The fourth-order valence-corrected chi connectivity index (χ4v) is 2.11. The Hall–Kier alpha value is -1.08. The minimum absolute atomic E-state index is 0.125. The molecule has 7 heteroatoms. The first-order chi connectivity index (χ1) is 9.28. The summed E-state index contributed by atoms with van der Waals surface area (Å²) >= 11 is 0. The quantitative estimate of drug-likeness (QED) is 0.561. The zero-order valence-electron chi connectivity index (χ0n) is 13.0. The van der Waals surface area contributed by atoms with Gasteiger partial charge in [-0.2, -0.15) is 0 Å². The van der Waals surface area contributed by atoms with E-state index in [1.54, 1.807) is 0 Å². The first kappa shape index (κ1) is 18.9. The van der Waals surface area contributed by atoms with Gasteiger partial charge in [0.25, 0.3) is 0 Å². The number of hydrogen-bond donors (Lipinski definition) is 3. The van der Waals surface area contributed by atoms with Gasteiger partial charge in [0, 0.05) is 21.0 Å². The standard InChI is InChI=1S/C13H28N2O4Si/c1-5-6-12(17)15-11(10-16)9-14-13(18)19-7-8-20(2,3)4/h11,16H,5-10H2,1-4H3,(H,14,18)(H,15,17)/t11-/m0/s1. The van der Waals surface area contributed by atoms with Gasteiger partial charge in [-0.05, 0) is 12.5 Å². The van der Waals surface area contributed by atoms with Crippen LogP contribution in [0.5, 0.6) is 0 Å². The first-order valence-electron chi connectivity index (χ1n) is 7.09. The van der Waals surface area contributed by atoms with Crippen LogP contribution in [0.15, 0.2) is 0 Å². The van der Waals surface area contributed by atoms with Crippen LogP contribution in [0.1, 0.15) is 19.8 Å². The lowest BCUT2D eigenvalue weighted by molar-refractivity contribution is -0.122. The summed E-state index contributed by atoms with van der Waals surface area (Å²) in [7, 11) is -1.21. The van der Waals surface area contributed by atoms with Gasteiger partial charge in [-0.1, -0.05) is 26.6 Å². The van der Waals surface area contributed by atoms with Crippen LogP contribution in [-0.4, -0.2) is 51.0 Å². The van der Waals surface area contributed by atoms with Gasteiger partial charge in [-0.25, -0.2) is 4.79 Å². The van der Waals surface area contributed by atoms with Crippen LogP contribution < -0.4 is 10.6 Å². The molecule has 3 N–H and O–H groups in total. The molecule has 0 radical (unpaired) electrons. The van der Waals surface area contributed by atoms with E-state index in [0.717, 1.165) is 12.5 Å². The average molecular weight is 304 g/mol. The van der Waals surface area contributed by atoms with E-state index < -0.39 is 20.2 Å². The van der Waals surface area contributed by atoms with Crippen molar-refractivity contribution in [3.63, 3.8) is 0 Å². The Kier molecular flexibility index (Phi) is 9.23. The Balaban J connectivity index is 3.87. The third-order valence-corrected chi connectivity index (χ3v) is 4.34. The number of rotatable bonds is 9. The van der Waals surface area contributed by atoms with E-state index in [0.29, 0.717) is 13.0 Å². The first-order valence-corrected chi connectivity index (χ1v) is 10.8. The van der Waals surface area contributed by atoms with Crippen molar-refractivity contribution in [3.05, 3.63) is 0 Å². The predicted molar refractivity (Wildman–Crippen MR) is 81.4 cm³/mol. The highest BCUT2D eigenvalue weighted by Gasteiger charge is 2.15. The van der Waals surface area contributed by atoms with Gasteiger partial charge in [0.05, 0.1) is 19.3 Å². The average Bonchev–Trinajstić information content (AvgIpc) is 2.33. The molecule has 0 rings (SSSR count). The SMILES string of the molecule is CCCC(=O)N[C@H](CO)CNC(=O)OCC[Si](C)(C)C. The molecule has 118 valence electrons. The fraction of sp³-hybridized carbons (Fsp3) is 0.846. The van der Waals surface area contributed by atoms with Crippen molar-refractivity contribution in [1.82, 2.24) is 10.6 Å². The van der Waals surface area contributed by atoms with E-state index >= 15 is 0 Å². The number of ether oxygens (including phenoxy) is 1. The van der Waals surface area contributed by atoms with Crippen LogP contribution >= 0.6 is 0 Å². The highest BCUT2D eigenvalue weighted by molar-refractivity contribution is 6.76. The van der Waals surface area contributed by atoms with Crippen LogP contribution in [0.3, 0.4) is 0 Å². The highest BCUT2D eigenvalue weighted by atomic mass is 28.3. The van der Waals surface area contributed by atoms with Gasteiger partial charge in [-0.15, -0.1) is 0 Å². The molecule has 0 heterocycles. The summed E-state index contributed by atoms with van der Waals surface area (Å²) in [6.07, 6.45) is 0.652. The molecule has 0 saturated carbocycles. The zero-order chi connectivity index (χ0) is 15.6. The largest absolute Gasteiger partial charge is 0.450 e. The molecule has 0 aromatic carbocycles. The van der Waals surface area contributed by atoms with E-state index in [-0.39, 0.29) is 19.1 Å². The molecule has 0 fully saturated rings. The van der Waals surface area contributed by atoms with E-state index in [2.05, 4.69) is 30.3 Å². The van der Waals surface area contributed by atoms with Crippen LogP contribution in [0.25, 0.3) is 0 Å². The minimum Gasteiger partial charge on any atom is -0.450 e. The third-order valence-electron chi connectivity index (χ3n) is 2.64. The van der Waals surface area contributed by atoms with Crippen molar-refractivity contribution in [2.45, 2.75) is 51.5 Å². The lowest BCUT2D eigenvalue weighted by atomic mass is 10.2. The Bertz CT molecular complexity index is 305. The fourth-order valence-electron chi connectivity index (χ4n) is 1.40. The molecule has 0 aliphatic heterocycles. The van der Waals surface area contributed by atoms with Crippen molar-refractivity contribution in [2.75, 3.05) is 19.8 Å². The Morgan fingerprint density at radius 2 is 1.95 bits per heavy atom. The number of hydrogen-bond acceptors (Lipinski definition) is 4. The summed E-state index contributed by atoms with van der Waals surface area (Å²) in [4.78, 5) is 22.8. The molecule has 0 aromatic heterocycles. The lowest BCUT2D eigenvalue weighted by Gasteiger charge is -2.18. The molecule has 0 unspecified atom stereocenters. The van der Waals surface area contributed by atoms with Crippen LogP contribution in [0, 0.1) is 0 Å². The van der Waals surface area contributed by atoms with Crippen LogP contribution in [0.2, 0.25) is 25.7 Å². The number of aliphatic hydroxyl groups is 1. The van der Waals surface area contributed by atoms with E-state index in [4.69, 9.17) is 9.84 Å². The topological polar surface area (TPSA) is 87.7 Å². The number of carbonyl (C=O) groups excluding carboxylic acids is 2. The number of alkyl carbamates (subject to hydrolysis) is 1. The summed E-state index contributed by atoms with van der Waals surface area (Å²) in [5.74, 6) is -0.125. The molecular weight excluding hydrogens is 276 g/mol. The van der Waals surface area contributed by atoms with E-state index in [1.165, 1.54) is 0 Å². The number of aliphatic hydroxyl groups excluding tert-OH is 1. The van der Waals surface area contributed by atoms with Gasteiger partial charge in [-0.3, -0.25) is 4.79 Å². The summed E-state index contributed by atoms with van der Waals surface area (Å²) < 4.78 is 5.06. The number of amides is 2. The van der Waals surface area contributed by atoms with Crippen molar-refractivity contribution < 1.29 is 19.4 Å². The second kappa shape index (κ2) is 9.76. The molecule has 0 aliphatic rings. The molecule has 6 nitrogen and oxygen atoms in total. The monoisotopic (exact) mass is 304 g/mol. The number of nitrogens with one attached hydrogen (secondary N) is 2. The summed E-state index contributed by atoms with van der Waals surface area (Å²) in [6, 6.07) is 0.440. The molecule has 0 bridgehead atoms. The second-order valence-corrected chi connectivity index (χ2v) is 11.6. The Morgan fingerprint density at radius 3 is 2.45 bits per heavy atom. The Morgan fingerprint density at radius 1 is 1.30 bits per heavy atom. The van der Waals surface area contributed by atoms with Gasteiger partial charge in [0.15, 0.2) is 0 Å². The number of carbonyl (C=O) groups is 2. The molecule has 0 aromatic rings. The Labute approximate surface area is 122 Å². The maximum Gasteiger partial charge on any atom is 0.407 e. The molecule has 1 atom stereocenters. The normalized spacial score (nSPS) is 12.7. The van der Waals surface area contributed by atoms with E-state index in [9.17, 15) is 9.59 Å². The third kappa shape index (κ3) is 10.8.